The van der Waals surface area contributed by atoms with Gasteiger partial charge in [-0.1, -0.05) is 13.8 Å². The molecule has 0 saturated carbocycles. The van der Waals surface area contributed by atoms with Gasteiger partial charge in [-0.3, -0.25) is 4.79 Å². The van der Waals surface area contributed by atoms with Gasteiger partial charge in [0.2, 0.25) is 5.91 Å². The largest absolute Gasteiger partial charge is 0.370 e. The summed E-state index contributed by atoms with van der Waals surface area (Å²) in [4.78, 5) is 10.4. The monoisotopic (exact) mass is 231 g/mol. The number of carbonyl (C=O) groups is 1. The van der Waals surface area contributed by atoms with Crippen LogP contribution in [0.25, 0.3) is 0 Å². The zero-order chi connectivity index (χ0) is 11.7. The van der Waals surface area contributed by atoms with Gasteiger partial charge in [0.05, 0.1) is 0 Å². The van der Waals surface area contributed by atoms with Gasteiger partial charge < -0.3 is 16.4 Å². The average molecular weight is 231 g/mol. The predicted molar refractivity (Wildman–Crippen MR) is 66.5 cm³/mol. The lowest BCUT2D eigenvalue weighted by molar-refractivity contribution is -0.118. The summed E-state index contributed by atoms with van der Waals surface area (Å²) >= 11 is 5.06. The van der Waals surface area contributed by atoms with Crippen LogP contribution in [-0.2, 0) is 4.79 Å². The average Bonchev–Trinajstić information content (AvgIpc) is 2.13. The van der Waals surface area contributed by atoms with Crippen molar-refractivity contribution in [3.8, 4) is 0 Å². The lowest BCUT2D eigenvalue weighted by atomic mass is 10.2. The summed E-state index contributed by atoms with van der Waals surface area (Å²) in [6.45, 7) is 5.93. The van der Waals surface area contributed by atoms with Crippen molar-refractivity contribution in [2.45, 2.75) is 33.1 Å². The predicted octanol–water partition coefficient (Wildman–Crippen LogP) is 0.762. The molecule has 4 nitrogen and oxygen atoms in total. The zero-order valence-electron chi connectivity index (χ0n) is 9.51. The Bertz CT molecular complexity index is 207. The van der Waals surface area contributed by atoms with Crippen molar-refractivity contribution in [1.29, 1.82) is 0 Å². The Labute approximate surface area is 97.0 Å². The van der Waals surface area contributed by atoms with E-state index in [1.807, 2.05) is 0 Å². The van der Waals surface area contributed by atoms with E-state index in [4.69, 9.17) is 18.0 Å². The van der Waals surface area contributed by atoms with Crippen LogP contribution in [0.1, 0.15) is 33.1 Å². The third-order valence-electron chi connectivity index (χ3n) is 1.81. The van der Waals surface area contributed by atoms with E-state index in [1.165, 1.54) is 0 Å². The van der Waals surface area contributed by atoms with Crippen LogP contribution in [0.2, 0.25) is 0 Å². The summed E-state index contributed by atoms with van der Waals surface area (Å²) in [5.41, 5.74) is 5.02. The SMILES string of the molecule is CC(C)CNC(=S)NCCCCC(N)=O. The quantitative estimate of drug-likeness (QED) is 0.447. The first-order valence-corrected chi connectivity index (χ1v) is 5.73. The van der Waals surface area contributed by atoms with Crippen LogP contribution in [0.4, 0.5) is 0 Å². The highest BCUT2D eigenvalue weighted by molar-refractivity contribution is 7.80. The van der Waals surface area contributed by atoms with E-state index in [0.29, 0.717) is 17.5 Å². The van der Waals surface area contributed by atoms with Crippen molar-refractivity contribution >= 4 is 23.2 Å². The summed E-state index contributed by atoms with van der Waals surface area (Å²) < 4.78 is 0. The Morgan fingerprint density at radius 1 is 1.33 bits per heavy atom. The highest BCUT2D eigenvalue weighted by Gasteiger charge is 1.97. The first-order chi connectivity index (χ1) is 7.02. The highest BCUT2D eigenvalue weighted by Crippen LogP contribution is 1.92. The topological polar surface area (TPSA) is 67.2 Å². The maximum absolute atomic E-state index is 10.4. The van der Waals surface area contributed by atoms with E-state index in [-0.39, 0.29) is 5.91 Å². The van der Waals surface area contributed by atoms with Crippen LogP contribution in [0.15, 0.2) is 0 Å². The minimum Gasteiger partial charge on any atom is -0.370 e. The number of hydrogen-bond donors (Lipinski definition) is 3. The molecule has 0 aliphatic heterocycles. The Balaban J connectivity index is 3.28. The van der Waals surface area contributed by atoms with Crippen molar-refractivity contribution in [2.75, 3.05) is 13.1 Å². The molecule has 0 bridgehead atoms. The molecule has 0 spiro atoms. The first-order valence-electron chi connectivity index (χ1n) is 5.32. The fraction of sp³-hybridized carbons (Fsp3) is 0.800. The molecule has 0 heterocycles. The van der Waals surface area contributed by atoms with E-state index in [0.717, 1.165) is 25.9 Å². The standard InChI is InChI=1S/C10H21N3OS/c1-8(2)7-13-10(15)12-6-4-3-5-9(11)14/h8H,3-7H2,1-2H3,(H2,11,14)(H2,12,13,15). The van der Waals surface area contributed by atoms with E-state index in [9.17, 15) is 4.79 Å². The van der Waals surface area contributed by atoms with Crippen LogP contribution >= 0.6 is 12.2 Å². The Morgan fingerprint density at radius 2 is 2.00 bits per heavy atom. The van der Waals surface area contributed by atoms with E-state index >= 15 is 0 Å². The molecule has 0 unspecified atom stereocenters. The molecule has 0 aromatic heterocycles. The molecular weight excluding hydrogens is 210 g/mol. The van der Waals surface area contributed by atoms with Crippen LogP contribution in [-0.4, -0.2) is 24.1 Å². The molecule has 4 N–H and O–H groups in total. The first kappa shape index (κ1) is 14.2. The molecule has 15 heavy (non-hydrogen) atoms. The number of unbranched alkanes of at least 4 members (excludes halogenated alkanes) is 1. The van der Waals surface area contributed by atoms with Gasteiger partial charge in [0.25, 0.3) is 0 Å². The minimum atomic E-state index is -0.240. The van der Waals surface area contributed by atoms with Gasteiger partial charge in [-0.05, 0) is 31.0 Å². The minimum absolute atomic E-state index is 0.240. The van der Waals surface area contributed by atoms with Gasteiger partial charge in [0.1, 0.15) is 0 Å². The van der Waals surface area contributed by atoms with Crippen molar-refractivity contribution in [2.24, 2.45) is 11.7 Å². The second kappa shape index (κ2) is 8.47. The normalized spacial score (nSPS) is 10.1. The maximum atomic E-state index is 10.4. The number of hydrogen-bond acceptors (Lipinski definition) is 2. The second-order valence-corrected chi connectivity index (χ2v) is 4.36. The molecule has 88 valence electrons. The van der Waals surface area contributed by atoms with Gasteiger partial charge >= 0.3 is 0 Å². The summed E-state index contributed by atoms with van der Waals surface area (Å²) in [7, 11) is 0. The fourth-order valence-electron chi connectivity index (χ4n) is 0.985. The lowest BCUT2D eigenvalue weighted by Crippen LogP contribution is -2.37. The molecule has 1 amide bonds. The Kier molecular flexibility index (Phi) is 7.99. The molecule has 0 aromatic rings. The lowest BCUT2D eigenvalue weighted by Gasteiger charge is -2.11. The molecule has 0 atom stereocenters. The molecule has 0 saturated heterocycles. The number of thiocarbonyl (C=S) groups is 1. The summed E-state index contributed by atoms with van der Waals surface area (Å²) in [5, 5.41) is 6.87. The van der Waals surface area contributed by atoms with Crippen molar-refractivity contribution < 1.29 is 4.79 Å². The highest BCUT2D eigenvalue weighted by atomic mass is 32.1. The molecule has 0 fully saturated rings. The number of nitrogens with one attached hydrogen (secondary N) is 2. The maximum Gasteiger partial charge on any atom is 0.217 e. The summed E-state index contributed by atoms with van der Waals surface area (Å²) in [5.74, 6) is 0.343. The summed E-state index contributed by atoms with van der Waals surface area (Å²) in [6, 6.07) is 0. The van der Waals surface area contributed by atoms with Crippen LogP contribution < -0.4 is 16.4 Å². The molecule has 0 rings (SSSR count). The van der Waals surface area contributed by atoms with Gasteiger partial charge in [-0.15, -0.1) is 0 Å². The van der Waals surface area contributed by atoms with Crippen LogP contribution in [0.3, 0.4) is 0 Å². The van der Waals surface area contributed by atoms with Gasteiger partial charge in [0, 0.05) is 19.5 Å². The zero-order valence-corrected chi connectivity index (χ0v) is 10.3. The number of rotatable bonds is 7. The molecule has 0 radical (unpaired) electrons. The van der Waals surface area contributed by atoms with Crippen molar-refractivity contribution in [1.82, 2.24) is 10.6 Å². The van der Waals surface area contributed by atoms with Crippen LogP contribution in [0.5, 0.6) is 0 Å². The third-order valence-corrected chi connectivity index (χ3v) is 2.10. The van der Waals surface area contributed by atoms with E-state index in [1.54, 1.807) is 0 Å². The number of carbonyl (C=O) groups excluding carboxylic acids is 1. The Morgan fingerprint density at radius 3 is 2.53 bits per heavy atom. The summed E-state index contributed by atoms with van der Waals surface area (Å²) in [6.07, 6.45) is 2.18. The van der Waals surface area contributed by atoms with Gasteiger partial charge in [-0.2, -0.15) is 0 Å². The number of nitrogens with two attached hydrogens (primary N) is 1. The molecule has 0 aliphatic carbocycles. The van der Waals surface area contributed by atoms with Gasteiger partial charge in [-0.25, -0.2) is 0 Å². The molecule has 0 aromatic carbocycles. The second-order valence-electron chi connectivity index (χ2n) is 3.95. The van der Waals surface area contributed by atoms with Crippen LogP contribution in [0, 0.1) is 5.92 Å². The van der Waals surface area contributed by atoms with Gasteiger partial charge in [0.15, 0.2) is 5.11 Å². The Hall–Kier alpha value is -0.840. The molecule has 5 heteroatoms. The fourth-order valence-corrected chi connectivity index (χ4v) is 1.17. The third kappa shape index (κ3) is 11.1. The van der Waals surface area contributed by atoms with E-state index < -0.39 is 0 Å². The van der Waals surface area contributed by atoms with Crippen molar-refractivity contribution in [3.05, 3.63) is 0 Å². The molecule has 0 aliphatic rings. The molecular formula is C10H21N3OS. The smallest absolute Gasteiger partial charge is 0.217 e. The number of amides is 1. The number of primary amides is 1. The van der Waals surface area contributed by atoms with Crippen molar-refractivity contribution in [3.63, 3.8) is 0 Å². The van der Waals surface area contributed by atoms with E-state index in [2.05, 4.69) is 24.5 Å².